The Morgan fingerprint density at radius 1 is 1.12 bits per heavy atom. The van der Waals surface area contributed by atoms with E-state index < -0.39 is 34.5 Å². The van der Waals surface area contributed by atoms with Gasteiger partial charge in [-0.1, -0.05) is 11.6 Å². The number of alkyl halides is 3. The smallest absolute Gasteiger partial charge is 0.404 e. The summed E-state index contributed by atoms with van der Waals surface area (Å²) < 4.78 is 41.4. The largest absolute Gasteiger partial charge is 0.573 e. The molecule has 1 aromatic carbocycles. The normalized spacial score (nSPS) is 13.6. The lowest BCUT2D eigenvalue weighted by molar-refractivity contribution is -0.274. The Labute approximate surface area is 141 Å². The minimum absolute atomic E-state index is 0.00280. The van der Waals surface area contributed by atoms with Gasteiger partial charge in [0.1, 0.15) is 11.6 Å². The lowest BCUT2D eigenvalue weighted by Crippen LogP contribution is -2.24. The first-order chi connectivity index (χ1) is 11.6. The first-order valence-electron chi connectivity index (χ1n) is 6.55. The van der Waals surface area contributed by atoms with E-state index in [9.17, 15) is 27.6 Å². The van der Waals surface area contributed by atoms with E-state index in [1.807, 2.05) is 5.32 Å². The molecule has 1 aromatic heterocycles. The van der Waals surface area contributed by atoms with Crippen LogP contribution in [0.5, 0.6) is 5.75 Å². The highest BCUT2D eigenvalue weighted by atomic mass is 35.5. The summed E-state index contributed by atoms with van der Waals surface area (Å²) >= 11 is 5.74. The van der Waals surface area contributed by atoms with Crippen molar-refractivity contribution in [3.05, 3.63) is 50.8 Å². The number of nitrogen functional groups attached to an aromatic ring is 1. The number of nitrogens with zero attached hydrogens (tertiary/aromatic N) is 1. The number of carbonyl (C=O) groups excluding carboxylic acids is 2. The summed E-state index contributed by atoms with van der Waals surface area (Å²) in [5, 5.41) is 1.57. The lowest BCUT2D eigenvalue weighted by Gasteiger charge is -2.14. The number of imide groups is 1. The minimum atomic E-state index is -4.94. The van der Waals surface area contributed by atoms with Crippen molar-refractivity contribution >= 4 is 29.2 Å². The number of pyridine rings is 1. The predicted octanol–water partition coefficient (Wildman–Crippen LogP) is 1.86. The van der Waals surface area contributed by atoms with Crippen LogP contribution in [0.4, 0.5) is 19.0 Å². The number of ether oxygens (including phenoxy) is 1. The van der Waals surface area contributed by atoms with Gasteiger partial charge in [0.05, 0.1) is 21.8 Å². The summed E-state index contributed by atoms with van der Waals surface area (Å²) in [6, 6.07) is 3.92. The standard InChI is InChI=1S/C14H7ClF3N3O4/c15-7-3-5(1-2-8(7)25-14(16,17)18)21-9(22)4-6-10(11(21)19)13(24)20-12(6)23/h1-4H,19H2,(H,20,23,24). The van der Waals surface area contributed by atoms with E-state index in [-0.39, 0.29) is 22.6 Å². The molecule has 0 atom stereocenters. The molecule has 3 N–H and O–H groups in total. The van der Waals surface area contributed by atoms with Crippen LogP contribution in [0.25, 0.3) is 5.69 Å². The third kappa shape index (κ3) is 2.91. The maximum Gasteiger partial charge on any atom is 0.573 e. The van der Waals surface area contributed by atoms with Gasteiger partial charge in [0.2, 0.25) is 0 Å². The van der Waals surface area contributed by atoms with Gasteiger partial charge in [-0.05, 0) is 18.2 Å². The number of halogens is 4. The summed E-state index contributed by atoms with van der Waals surface area (Å²) in [6.07, 6.45) is -4.94. The number of benzene rings is 1. The molecule has 3 rings (SSSR count). The molecule has 0 spiro atoms. The highest BCUT2D eigenvalue weighted by Gasteiger charge is 2.33. The minimum Gasteiger partial charge on any atom is -0.404 e. The van der Waals surface area contributed by atoms with Crippen molar-refractivity contribution in [1.82, 2.24) is 9.88 Å². The molecule has 2 heterocycles. The van der Waals surface area contributed by atoms with E-state index in [0.717, 1.165) is 28.8 Å². The van der Waals surface area contributed by atoms with E-state index in [1.54, 1.807) is 0 Å². The molecular weight excluding hydrogens is 367 g/mol. The van der Waals surface area contributed by atoms with Gasteiger partial charge >= 0.3 is 6.36 Å². The molecule has 1 aliphatic heterocycles. The van der Waals surface area contributed by atoms with E-state index in [4.69, 9.17) is 17.3 Å². The van der Waals surface area contributed by atoms with Crippen molar-refractivity contribution in [2.75, 3.05) is 5.73 Å². The Balaban J connectivity index is 2.14. The van der Waals surface area contributed by atoms with Gasteiger partial charge in [0.15, 0.2) is 0 Å². The van der Waals surface area contributed by atoms with Crippen LogP contribution in [0.2, 0.25) is 5.02 Å². The number of hydrogen-bond acceptors (Lipinski definition) is 5. The predicted molar refractivity (Wildman–Crippen MR) is 79.9 cm³/mol. The Morgan fingerprint density at radius 3 is 2.40 bits per heavy atom. The van der Waals surface area contributed by atoms with Crippen molar-refractivity contribution in [3.8, 4) is 11.4 Å². The number of rotatable bonds is 2. The summed E-state index contributed by atoms with van der Waals surface area (Å²) in [6.45, 7) is 0. The van der Waals surface area contributed by atoms with Gasteiger partial charge in [-0.15, -0.1) is 13.2 Å². The number of nitrogens with two attached hydrogens (primary N) is 1. The average molecular weight is 374 g/mol. The Bertz CT molecular complexity index is 985. The molecule has 7 nitrogen and oxygen atoms in total. The van der Waals surface area contributed by atoms with Crippen LogP contribution in [-0.2, 0) is 0 Å². The second kappa shape index (κ2) is 5.52. The summed E-state index contributed by atoms with van der Waals surface area (Å²) in [5.74, 6) is -2.55. The molecule has 25 heavy (non-hydrogen) atoms. The topological polar surface area (TPSA) is 103 Å². The van der Waals surface area contributed by atoms with Gasteiger partial charge in [-0.2, -0.15) is 0 Å². The zero-order valence-electron chi connectivity index (χ0n) is 12.0. The van der Waals surface area contributed by atoms with E-state index in [0.29, 0.717) is 0 Å². The quantitative estimate of drug-likeness (QED) is 0.782. The number of hydrogen-bond donors (Lipinski definition) is 2. The molecule has 0 radical (unpaired) electrons. The molecule has 1 aliphatic rings. The second-order valence-corrected chi connectivity index (χ2v) is 5.34. The van der Waals surface area contributed by atoms with Crippen LogP contribution in [0.15, 0.2) is 29.1 Å². The maximum atomic E-state index is 12.3. The molecule has 0 fully saturated rings. The Kier molecular flexibility index (Phi) is 3.72. The maximum absolute atomic E-state index is 12.3. The van der Waals surface area contributed by atoms with Crippen LogP contribution in [0.3, 0.4) is 0 Å². The number of fused-ring (bicyclic) bond motifs is 1. The lowest BCUT2D eigenvalue weighted by atomic mass is 10.1. The summed E-state index contributed by atoms with van der Waals surface area (Å²) in [4.78, 5) is 35.6. The fraction of sp³-hybridized carbons (Fsp3) is 0.0714. The Morgan fingerprint density at radius 2 is 1.80 bits per heavy atom. The molecule has 2 aromatic rings. The van der Waals surface area contributed by atoms with Gasteiger partial charge in [0, 0.05) is 6.07 Å². The number of amides is 2. The van der Waals surface area contributed by atoms with Crippen LogP contribution in [0.1, 0.15) is 20.7 Å². The van der Waals surface area contributed by atoms with Crippen molar-refractivity contribution in [2.45, 2.75) is 6.36 Å². The zero-order chi connectivity index (χ0) is 18.5. The first kappa shape index (κ1) is 16.8. The van der Waals surface area contributed by atoms with Crippen molar-refractivity contribution in [2.24, 2.45) is 0 Å². The molecule has 0 aliphatic carbocycles. The zero-order valence-corrected chi connectivity index (χ0v) is 12.7. The van der Waals surface area contributed by atoms with Gasteiger partial charge < -0.3 is 10.5 Å². The molecule has 0 unspecified atom stereocenters. The van der Waals surface area contributed by atoms with Crippen LogP contribution < -0.4 is 21.3 Å². The second-order valence-electron chi connectivity index (χ2n) is 4.94. The molecule has 130 valence electrons. The van der Waals surface area contributed by atoms with E-state index in [1.165, 1.54) is 0 Å². The van der Waals surface area contributed by atoms with Crippen molar-refractivity contribution in [3.63, 3.8) is 0 Å². The number of anilines is 1. The average Bonchev–Trinajstić information content (AvgIpc) is 2.75. The fourth-order valence-corrected chi connectivity index (χ4v) is 2.60. The van der Waals surface area contributed by atoms with E-state index in [2.05, 4.69) is 4.74 Å². The highest BCUT2D eigenvalue weighted by Crippen LogP contribution is 2.32. The highest BCUT2D eigenvalue weighted by molar-refractivity contribution is 6.32. The molecule has 11 heteroatoms. The van der Waals surface area contributed by atoms with Crippen molar-refractivity contribution in [1.29, 1.82) is 0 Å². The number of carbonyl (C=O) groups is 2. The molecule has 0 saturated heterocycles. The first-order valence-corrected chi connectivity index (χ1v) is 6.93. The summed E-state index contributed by atoms with van der Waals surface area (Å²) in [5.41, 5.74) is 4.67. The van der Waals surface area contributed by atoms with Crippen LogP contribution >= 0.6 is 11.6 Å². The molecular formula is C14H7ClF3N3O4. The van der Waals surface area contributed by atoms with Gasteiger partial charge in [-0.3, -0.25) is 24.3 Å². The molecule has 0 saturated carbocycles. The van der Waals surface area contributed by atoms with E-state index >= 15 is 0 Å². The Hall–Kier alpha value is -3.01. The third-order valence-corrected chi connectivity index (χ3v) is 3.65. The van der Waals surface area contributed by atoms with Crippen molar-refractivity contribution < 1.29 is 27.5 Å². The monoisotopic (exact) mass is 373 g/mol. The van der Waals surface area contributed by atoms with Gasteiger partial charge in [0.25, 0.3) is 17.4 Å². The SMILES string of the molecule is Nc1c2c(cc(=O)n1-c1ccc(OC(F)(F)F)c(Cl)c1)C(=O)NC2=O. The van der Waals surface area contributed by atoms with Gasteiger partial charge in [-0.25, -0.2) is 0 Å². The third-order valence-electron chi connectivity index (χ3n) is 3.35. The molecule has 0 bridgehead atoms. The molecule has 2 amide bonds. The van der Waals surface area contributed by atoms with Crippen LogP contribution in [-0.4, -0.2) is 22.7 Å². The summed E-state index contributed by atoms with van der Waals surface area (Å²) in [7, 11) is 0. The fourth-order valence-electron chi connectivity index (χ4n) is 2.38. The number of aromatic nitrogens is 1. The number of nitrogens with one attached hydrogen (secondary N) is 1. The van der Waals surface area contributed by atoms with Crippen LogP contribution in [0, 0.1) is 0 Å².